The summed E-state index contributed by atoms with van der Waals surface area (Å²) < 4.78 is 5.86. The first-order chi connectivity index (χ1) is 12.5. The van der Waals surface area contributed by atoms with Gasteiger partial charge < -0.3 is 15.4 Å². The van der Waals surface area contributed by atoms with Gasteiger partial charge in [-0.25, -0.2) is 4.99 Å². The molecule has 5 nitrogen and oxygen atoms in total. The fourth-order valence-electron chi connectivity index (χ4n) is 3.33. The minimum atomic E-state index is 0. The van der Waals surface area contributed by atoms with Crippen molar-refractivity contribution in [2.24, 2.45) is 10.9 Å². The Bertz CT molecular complexity index is 569. The van der Waals surface area contributed by atoms with E-state index < -0.39 is 0 Å². The minimum absolute atomic E-state index is 0. The zero-order valence-corrected chi connectivity index (χ0v) is 19.8. The van der Waals surface area contributed by atoms with Crippen molar-refractivity contribution in [2.75, 3.05) is 26.2 Å². The van der Waals surface area contributed by atoms with E-state index in [1.807, 2.05) is 0 Å². The molecule has 0 aliphatic carbocycles. The van der Waals surface area contributed by atoms with Crippen LogP contribution in [0.5, 0.6) is 0 Å². The topological polar surface area (TPSA) is 48.9 Å². The highest BCUT2D eigenvalue weighted by atomic mass is 127. The maximum Gasteiger partial charge on any atom is 0.191 e. The number of benzene rings is 1. The van der Waals surface area contributed by atoms with E-state index in [-0.39, 0.29) is 24.0 Å². The standard InChI is InChI=1S/C21H36N4O.HI/c1-6-22-21(23-11-16(2)3)24-12-19-9-7-8-10-20(19)15-25-13-17(4)26-18(5)14-25;/h7-10,16-18H,6,11-15H2,1-5H3,(H2,22,23,24);1H. The second-order valence-electron chi connectivity index (χ2n) is 7.69. The molecule has 1 saturated heterocycles. The fourth-order valence-corrected chi connectivity index (χ4v) is 3.33. The predicted octanol–water partition coefficient (Wildman–Crippen LogP) is 3.62. The van der Waals surface area contributed by atoms with Gasteiger partial charge in [0.15, 0.2) is 5.96 Å². The Labute approximate surface area is 182 Å². The quantitative estimate of drug-likeness (QED) is 0.350. The van der Waals surface area contributed by atoms with Crippen molar-refractivity contribution in [3.05, 3.63) is 35.4 Å². The SMILES string of the molecule is CCNC(=NCc1ccccc1CN1CC(C)OC(C)C1)NCC(C)C.I. The lowest BCUT2D eigenvalue weighted by Gasteiger charge is -2.35. The second-order valence-corrected chi connectivity index (χ2v) is 7.69. The molecule has 1 heterocycles. The van der Waals surface area contributed by atoms with Crippen molar-refractivity contribution in [1.29, 1.82) is 0 Å². The molecular weight excluding hydrogens is 451 g/mol. The number of aliphatic imine (C=N–C) groups is 1. The third-order valence-electron chi connectivity index (χ3n) is 4.44. The van der Waals surface area contributed by atoms with Crippen molar-refractivity contribution in [1.82, 2.24) is 15.5 Å². The van der Waals surface area contributed by atoms with E-state index in [1.165, 1.54) is 11.1 Å². The van der Waals surface area contributed by atoms with E-state index in [4.69, 9.17) is 9.73 Å². The van der Waals surface area contributed by atoms with Crippen LogP contribution in [0.4, 0.5) is 0 Å². The van der Waals surface area contributed by atoms with Gasteiger partial charge in [0.25, 0.3) is 0 Å². The minimum Gasteiger partial charge on any atom is -0.373 e. The van der Waals surface area contributed by atoms with Gasteiger partial charge in [0, 0.05) is 32.7 Å². The van der Waals surface area contributed by atoms with Crippen LogP contribution in [0.1, 0.15) is 45.7 Å². The molecule has 2 atom stereocenters. The molecule has 6 heteroatoms. The molecule has 2 N–H and O–H groups in total. The molecule has 1 fully saturated rings. The molecule has 0 saturated carbocycles. The molecule has 0 bridgehead atoms. The molecular formula is C21H37IN4O. The molecule has 27 heavy (non-hydrogen) atoms. The highest BCUT2D eigenvalue weighted by Gasteiger charge is 2.22. The van der Waals surface area contributed by atoms with Crippen LogP contribution in [0.3, 0.4) is 0 Å². The highest BCUT2D eigenvalue weighted by Crippen LogP contribution is 2.17. The van der Waals surface area contributed by atoms with Crippen LogP contribution < -0.4 is 10.6 Å². The number of guanidine groups is 1. The summed E-state index contributed by atoms with van der Waals surface area (Å²) in [5.74, 6) is 1.49. The Morgan fingerprint density at radius 1 is 1.15 bits per heavy atom. The lowest BCUT2D eigenvalue weighted by molar-refractivity contribution is -0.0705. The van der Waals surface area contributed by atoms with Crippen molar-refractivity contribution in [3.63, 3.8) is 0 Å². The van der Waals surface area contributed by atoms with E-state index >= 15 is 0 Å². The number of morpholine rings is 1. The molecule has 0 amide bonds. The average molecular weight is 488 g/mol. The van der Waals surface area contributed by atoms with Gasteiger partial charge in [-0.2, -0.15) is 0 Å². The van der Waals surface area contributed by atoms with Crippen LogP contribution >= 0.6 is 24.0 Å². The third kappa shape index (κ3) is 8.79. The Hall–Kier alpha value is -0.860. The van der Waals surface area contributed by atoms with Gasteiger partial charge in [0.2, 0.25) is 0 Å². The molecule has 0 radical (unpaired) electrons. The van der Waals surface area contributed by atoms with E-state index in [9.17, 15) is 0 Å². The summed E-state index contributed by atoms with van der Waals surface area (Å²) in [6.45, 7) is 16.2. The number of nitrogens with zero attached hydrogens (tertiary/aromatic N) is 2. The van der Waals surface area contributed by atoms with Gasteiger partial charge in [-0.15, -0.1) is 24.0 Å². The number of rotatable bonds is 7. The highest BCUT2D eigenvalue weighted by molar-refractivity contribution is 14.0. The Morgan fingerprint density at radius 3 is 2.37 bits per heavy atom. The Morgan fingerprint density at radius 2 is 1.78 bits per heavy atom. The second kappa shape index (κ2) is 12.6. The van der Waals surface area contributed by atoms with Crippen LogP contribution in [0.15, 0.2) is 29.3 Å². The maximum absolute atomic E-state index is 5.86. The monoisotopic (exact) mass is 488 g/mol. The summed E-state index contributed by atoms with van der Waals surface area (Å²) in [4.78, 5) is 7.28. The molecule has 1 aliphatic heterocycles. The summed E-state index contributed by atoms with van der Waals surface area (Å²) in [6.07, 6.45) is 0.592. The zero-order chi connectivity index (χ0) is 18.9. The largest absolute Gasteiger partial charge is 0.373 e. The van der Waals surface area contributed by atoms with Gasteiger partial charge >= 0.3 is 0 Å². The first-order valence-corrected chi connectivity index (χ1v) is 9.94. The smallest absolute Gasteiger partial charge is 0.191 e. The van der Waals surface area contributed by atoms with Gasteiger partial charge in [-0.05, 0) is 37.8 Å². The zero-order valence-electron chi connectivity index (χ0n) is 17.5. The van der Waals surface area contributed by atoms with Gasteiger partial charge in [-0.3, -0.25) is 4.90 Å². The summed E-state index contributed by atoms with van der Waals surface area (Å²) in [6, 6.07) is 8.65. The molecule has 1 aromatic rings. The first kappa shape index (κ1) is 24.2. The van der Waals surface area contributed by atoms with E-state index in [1.54, 1.807) is 0 Å². The molecule has 1 aromatic carbocycles. The van der Waals surface area contributed by atoms with E-state index in [0.29, 0.717) is 24.7 Å². The van der Waals surface area contributed by atoms with Crippen LogP contribution in [-0.4, -0.2) is 49.2 Å². The number of nitrogens with one attached hydrogen (secondary N) is 2. The van der Waals surface area contributed by atoms with Crippen LogP contribution in [0.2, 0.25) is 0 Å². The number of hydrogen-bond donors (Lipinski definition) is 2. The summed E-state index contributed by atoms with van der Waals surface area (Å²) in [5, 5.41) is 6.75. The van der Waals surface area contributed by atoms with Gasteiger partial charge in [0.05, 0.1) is 18.8 Å². The predicted molar refractivity (Wildman–Crippen MR) is 125 cm³/mol. The summed E-state index contributed by atoms with van der Waals surface area (Å²) in [7, 11) is 0. The van der Waals surface area contributed by atoms with E-state index in [0.717, 1.165) is 38.7 Å². The molecule has 0 spiro atoms. The lowest BCUT2D eigenvalue weighted by Crippen LogP contribution is -2.44. The van der Waals surface area contributed by atoms with Crippen molar-refractivity contribution in [2.45, 2.75) is 59.9 Å². The number of hydrogen-bond acceptors (Lipinski definition) is 3. The number of ether oxygens (including phenoxy) is 1. The van der Waals surface area contributed by atoms with Crippen LogP contribution in [-0.2, 0) is 17.8 Å². The Kier molecular flexibility index (Phi) is 11.3. The van der Waals surface area contributed by atoms with Crippen LogP contribution in [0, 0.1) is 5.92 Å². The van der Waals surface area contributed by atoms with Crippen molar-refractivity contribution < 1.29 is 4.74 Å². The summed E-state index contributed by atoms with van der Waals surface area (Å²) >= 11 is 0. The van der Waals surface area contributed by atoms with Crippen molar-refractivity contribution in [3.8, 4) is 0 Å². The van der Waals surface area contributed by atoms with Crippen molar-refractivity contribution >= 4 is 29.9 Å². The average Bonchev–Trinajstić information content (AvgIpc) is 2.57. The lowest BCUT2D eigenvalue weighted by atomic mass is 10.1. The molecule has 2 unspecified atom stereocenters. The maximum atomic E-state index is 5.86. The molecule has 154 valence electrons. The normalized spacial score (nSPS) is 21.0. The third-order valence-corrected chi connectivity index (χ3v) is 4.44. The van der Waals surface area contributed by atoms with Crippen LogP contribution in [0.25, 0.3) is 0 Å². The first-order valence-electron chi connectivity index (χ1n) is 9.94. The van der Waals surface area contributed by atoms with E-state index in [2.05, 4.69) is 74.4 Å². The fraction of sp³-hybridized carbons (Fsp3) is 0.667. The molecule has 1 aliphatic rings. The number of halogens is 1. The Balaban J connectivity index is 0.00000364. The van der Waals surface area contributed by atoms with Gasteiger partial charge in [-0.1, -0.05) is 38.1 Å². The molecule has 0 aromatic heterocycles. The molecule has 2 rings (SSSR count). The van der Waals surface area contributed by atoms with Gasteiger partial charge in [0.1, 0.15) is 0 Å². The summed E-state index contributed by atoms with van der Waals surface area (Å²) in [5.41, 5.74) is 2.65.